The molecule has 0 aliphatic heterocycles. The Morgan fingerprint density at radius 3 is 2.47 bits per heavy atom. The highest BCUT2D eigenvalue weighted by Gasteiger charge is 2.36. The average Bonchev–Trinajstić information content (AvgIpc) is 2.28. The van der Waals surface area contributed by atoms with Crippen LogP contribution in [0.1, 0.15) is 5.56 Å². The summed E-state index contributed by atoms with van der Waals surface area (Å²) < 4.78 is 40.5. The Morgan fingerprint density at radius 2 is 1.88 bits per heavy atom. The highest BCUT2D eigenvalue weighted by atomic mass is 19.4. The van der Waals surface area contributed by atoms with E-state index in [1.807, 2.05) is 30.3 Å². The Morgan fingerprint density at radius 1 is 1.24 bits per heavy atom. The predicted molar refractivity (Wildman–Crippen MR) is 55.9 cm³/mol. The van der Waals surface area contributed by atoms with Crippen LogP contribution in [-0.4, -0.2) is 24.0 Å². The average molecular weight is 244 g/mol. The Hall–Kier alpha value is -1.51. The Bertz CT molecular complexity index is 390. The molecule has 0 bridgehead atoms. The maximum absolute atomic E-state index is 11.8. The summed E-state index contributed by atoms with van der Waals surface area (Å²) in [5.74, 6) is 3.78. The summed E-state index contributed by atoms with van der Waals surface area (Å²) in [6.45, 7) is 0.125. The van der Waals surface area contributed by atoms with Gasteiger partial charge in [0.05, 0.1) is 6.61 Å². The van der Waals surface area contributed by atoms with Crippen LogP contribution in [0.2, 0.25) is 0 Å². The number of ether oxygens (including phenoxy) is 1. The minimum Gasteiger partial charge on any atom is -0.372 e. The molecular weight excluding hydrogens is 233 g/mol. The molecule has 0 amide bonds. The molecule has 1 aromatic carbocycles. The van der Waals surface area contributed by atoms with Crippen LogP contribution in [0.4, 0.5) is 13.2 Å². The molecule has 0 fully saturated rings. The first kappa shape index (κ1) is 13.6. The maximum atomic E-state index is 11.8. The van der Waals surface area contributed by atoms with Crippen molar-refractivity contribution < 1.29 is 23.0 Å². The summed E-state index contributed by atoms with van der Waals surface area (Å²) in [5, 5.41) is 8.55. The van der Waals surface area contributed by atoms with Crippen LogP contribution in [0.15, 0.2) is 30.3 Å². The van der Waals surface area contributed by atoms with E-state index >= 15 is 0 Å². The lowest BCUT2D eigenvalue weighted by atomic mass is 10.2. The fourth-order valence-corrected chi connectivity index (χ4v) is 1.01. The number of halogens is 3. The molecule has 0 aromatic heterocycles. The summed E-state index contributed by atoms with van der Waals surface area (Å²) >= 11 is 0. The molecule has 0 aliphatic carbocycles. The van der Waals surface area contributed by atoms with Gasteiger partial charge in [0.1, 0.15) is 6.61 Å². The first-order chi connectivity index (χ1) is 8.00. The van der Waals surface area contributed by atoms with Gasteiger partial charge in [-0.25, -0.2) is 0 Å². The van der Waals surface area contributed by atoms with E-state index in [1.165, 1.54) is 0 Å². The first-order valence-electron chi connectivity index (χ1n) is 4.85. The highest BCUT2D eigenvalue weighted by molar-refractivity contribution is 5.13. The SMILES string of the molecule is OC(C#CCOCc1ccccc1)C(F)(F)F. The van der Waals surface area contributed by atoms with E-state index < -0.39 is 12.3 Å². The number of hydrogen-bond acceptors (Lipinski definition) is 2. The molecule has 1 unspecified atom stereocenters. The van der Waals surface area contributed by atoms with Crippen molar-refractivity contribution in [2.45, 2.75) is 18.9 Å². The normalized spacial score (nSPS) is 12.7. The van der Waals surface area contributed by atoms with E-state index in [-0.39, 0.29) is 13.2 Å². The molecular formula is C12H11F3O2. The zero-order valence-corrected chi connectivity index (χ0v) is 8.87. The Balaban J connectivity index is 2.28. The standard InChI is InChI=1S/C12H11F3O2/c13-12(14,15)11(16)7-4-8-17-9-10-5-2-1-3-6-10/h1-3,5-6,11,16H,8-9H2. The third-order valence-electron chi connectivity index (χ3n) is 1.83. The second-order valence-electron chi connectivity index (χ2n) is 3.24. The summed E-state index contributed by atoms with van der Waals surface area (Å²) in [5.41, 5.74) is 0.908. The van der Waals surface area contributed by atoms with E-state index in [1.54, 1.807) is 5.92 Å². The van der Waals surface area contributed by atoms with Gasteiger partial charge in [-0.1, -0.05) is 42.2 Å². The zero-order chi connectivity index (χ0) is 12.7. The number of hydrogen-bond donors (Lipinski definition) is 1. The lowest BCUT2D eigenvalue weighted by molar-refractivity contribution is -0.184. The van der Waals surface area contributed by atoms with Gasteiger partial charge in [-0.15, -0.1) is 0 Å². The van der Waals surface area contributed by atoms with Crippen LogP contribution < -0.4 is 0 Å². The van der Waals surface area contributed by atoms with Gasteiger partial charge in [0.15, 0.2) is 0 Å². The van der Waals surface area contributed by atoms with E-state index in [2.05, 4.69) is 5.92 Å². The van der Waals surface area contributed by atoms with Gasteiger partial charge < -0.3 is 9.84 Å². The third kappa shape index (κ3) is 5.38. The van der Waals surface area contributed by atoms with Crippen molar-refractivity contribution in [1.29, 1.82) is 0 Å². The summed E-state index contributed by atoms with van der Waals surface area (Å²) in [7, 11) is 0. The van der Waals surface area contributed by atoms with Gasteiger partial charge in [-0.3, -0.25) is 0 Å². The third-order valence-corrected chi connectivity index (χ3v) is 1.83. The van der Waals surface area contributed by atoms with Crippen molar-refractivity contribution in [2.75, 3.05) is 6.61 Å². The van der Waals surface area contributed by atoms with Crippen LogP contribution in [0.5, 0.6) is 0 Å². The zero-order valence-electron chi connectivity index (χ0n) is 8.87. The maximum Gasteiger partial charge on any atom is 0.425 e. The molecule has 0 spiro atoms. The largest absolute Gasteiger partial charge is 0.425 e. The smallest absolute Gasteiger partial charge is 0.372 e. The molecule has 17 heavy (non-hydrogen) atoms. The summed E-state index contributed by atoms with van der Waals surface area (Å²) in [6.07, 6.45) is -7.31. The van der Waals surface area contributed by atoms with Crippen molar-refractivity contribution >= 4 is 0 Å². The van der Waals surface area contributed by atoms with Crippen LogP contribution in [-0.2, 0) is 11.3 Å². The van der Waals surface area contributed by atoms with Crippen LogP contribution in [0.3, 0.4) is 0 Å². The number of aliphatic hydroxyl groups excluding tert-OH is 1. The minimum absolute atomic E-state index is 0.151. The van der Waals surface area contributed by atoms with E-state index in [0.29, 0.717) is 0 Å². The van der Waals surface area contributed by atoms with Crippen molar-refractivity contribution in [3.63, 3.8) is 0 Å². The van der Waals surface area contributed by atoms with E-state index in [9.17, 15) is 13.2 Å². The van der Waals surface area contributed by atoms with Gasteiger partial charge in [-0.2, -0.15) is 13.2 Å². The number of benzene rings is 1. The minimum atomic E-state index is -4.70. The molecule has 2 nitrogen and oxygen atoms in total. The van der Waals surface area contributed by atoms with Gasteiger partial charge in [0.25, 0.3) is 0 Å². The second-order valence-corrected chi connectivity index (χ2v) is 3.24. The number of aliphatic hydroxyl groups is 1. The second kappa shape index (κ2) is 6.28. The molecule has 1 rings (SSSR count). The Kier molecular flexibility index (Phi) is 5.01. The van der Waals surface area contributed by atoms with Crippen molar-refractivity contribution in [2.24, 2.45) is 0 Å². The topological polar surface area (TPSA) is 29.5 Å². The molecule has 1 N–H and O–H groups in total. The molecule has 0 aliphatic rings. The van der Waals surface area contributed by atoms with Gasteiger partial charge in [-0.05, 0) is 5.56 Å². The van der Waals surface area contributed by atoms with E-state index in [0.717, 1.165) is 5.56 Å². The van der Waals surface area contributed by atoms with Crippen LogP contribution >= 0.6 is 0 Å². The molecule has 5 heteroatoms. The lowest BCUT2D eigenvalue weighted by Gasteiger charge is -2.06. The molecule has 92 valence electrons. The monoisotopic (exact) mass is 244 g/mol. The number of rotatable bonds is 3. The van der Waals surface area contributed by atoms with Crippen molar-refractivity contribution in [1.82, 2.24) is 0 Å². The summed E-state index contributed by atoms with van der Waals surface area (Å²) in [6, 6.07) is 9.18. The van der Waals surface area contributed by atoms with Gasteiger partial charge in [0.2, 0.25) is 6.10 Å². The molecule has 1 atom stereocenters. The fraction of sp³-hybridized carbons (Fsp3) is 0.333. The molecule has 1 aromatic rings. The molecule has 0 heterocycles. The van der Waals surface area contributed by atoms with Gasteiger partial charge >= 0.3 is 6.18 Å². The fourth-order valence-electron chi connectivity index (χ4n) is 1.01. The molecule has 0 saturated carbocycles. The Labute approximate surface area is 97.0 Å². The highest BCUT2D eigenvalue weighted by Crippen LogP contribution is 2.18. The quantitative estimate of drug-likeness (QED) is 0.652. The van der Waals surface area contributed by atoms with Crippen LogP contribution in [0.25, 0.3) is 0 Å². The lowest BCUT2D eigenvalue weighted by Crippen LogP contribution is -2.26. The first-order valence-corrected chi connectivity index (χ1v) is 4.85. The van der Waals surface area contributed by atoms with Gasteiger partial charge in [0, 0.05) is 0 Å². The number of alkyl halides is 3. The molecule has 0 radical (unpaired) electrons. The van der Waals surface area contributed by atoms with Crippen LogP contribution in [0, 0.1) is 11.8 Å². The predicted octanol–water partition coefficient (Wildman–Crippen LogP) is 2.13. The van der Waals surface area contributed by atoms with Crippen molar-refractivity contribution in [3.05, 3.63) is 35.9 Å². The molecule has 0 saturated heterocycles. The summed E-state index contributed by atoms with van der Waals surface area (Å²) in [4.78, 5) is 0. The van der Waals surface area contributed by atoms with Crippen molar-refractivity contribution in [3.8, 4) is 11.8 Å². The van der Waals surface area contributed by atoms with E-state index in [4.69, 9.17) is 9.84 Å².